The minimum absolute atomic E-state index is 0.367. The second-order valence-corrected chi connectivity index (χ2v) is 5.30. The molecule has 1 aromatic carbocycles. The Bertz CT molecular complexity index is 437. The molecule has 0 spiro atoms. The number of unbranched alkanes of at least 4 members (excludes halogenated alkanes) is 2. The number of rotatable bonds is 11. The average Bonchev–Trinajstić information content (AvgIpc) is 2.50. The van der Waals surface area contributed by atoms with Crippen molar-refractivity contribution in [2.75, 3.05) is 13.1 Å². The van der Waals surface area contributed by atoms with E-state index in [0.717, 1.165) is 31.4 Å². The number of hydrogen-bond acceptors (Lipinski definition) is 3. The Labute approximate surface area is 132 Å². The maximum Gasteiger partial charge on any atom is 0.404 e. The van der Waals surface area contributed by atoms with Crippen molar-refractivity contribution < 1.29 is 15.0 Å². The average molecular weight is 306 g/mol. The van der Waals surface area contributed by atoms with Gasteiger partial charge in [-0.05, 0) is 37.8 Å². The minimum Gasteiger partial charge on any atom is -0.465 e. The van der Waals surface area contributed by atoms with Crippen LogP contribution in [-0.2, 0) is 6.42 Å². The van der Waals surface area contributed by atoms with Crippen molar-refractivity contribution in [2.24, 2.45) is 0 Å². The number of carbonyl (C=O) groups is 1. The number of hydrogen-bond donors (Lipinski definition) is 4. The molecule has 1 aromatic rings. The molecule has 0 aliphatic rings. The Morgan fingerprint density at radius 2 is 2.00 bits per heavy atom. The monoisotopic (exact) mass is 306 g/mol. The zero-order chi connectivity index (χ0) is 16.2. The van der Waals surface area contributed by atoms with Gasteiger partial charge in [-0.3, -0.25) is 0 Å². The molecule has 0 heterocycles. The predicted octanol–water partition coefficient (Wildman–Crippen LogP) is 2.17. The summed E-state index contributed by atoms with van der Waals surface area (Å²) in [6.45, 7) is 4.84. The molecule has 0 aliphatic carbocycles. The topological polar surface area (TPSA) is 81.6 Å². The zero-order valence-corrected chi connectivity index (χ0v) is 12.9. The maximum atomic E-state index is 10.9. The smallest absolute Gasteiger partial charge is 0.404 e. The van der Waals surface area contributed by atoms with E-state index in [4.69, 9.17) is 5.11 Å². The van der Waals surface area contributed by atoms with Crippen molar-refractivity contribution in [1.82, 2.24) is 10.6 Å². The summed E-state index contributed by atoms with van der Waals surface area (Å²) in [6.07, 6.45) is 3.53. The molecule has 1 amide bonds. The molecule has 4 N–H and O–H groups in total. The number of amides is 1. The van der Waals surface area contributed by atoms with E-state index in [2.05, 4.69) is 17.2 Å². The highest BCUT2D eigenvalue weighted by Gasteiger charge is 2.21. The molecular weight excluding hydrogens is 280 g/mol. The van der Waals surface area contributed by atoms with E-state index in [9.17, 15) is 9.90 Å². The molecule has 1 unspecified atom stereocenters. The Hall–Kier alpha value is -1.85. The Morgan fingerprint density at radius 3 is 2.64 bits per heavy atom. The molecule has 5 nitrogen and oxygen atoms in total. The van der Waals surface area contributed by atoms with Gasteiger partial charge in [0, 0.05) is 6.54 Å². The van der Waals surface area contributed by atoms with E-state index in [0.29, 0.717) is 13.0 Å². The van der Waals surface area contributed by atoms with Crippen LogP contribution in [0.5, 0.6) is 0 Å². The molecule has 0 aromatic heterocycles. The highest BCUT2D eigenvalue weighted by molar-refractivity contribution is 5.65. The van der Waals surface area contributed by atoms with Crippen LogP contribution < -0.4 is 10.6 Å². The Kier molecular flexibility index (Phi) is 8.95. The Balaban J connectivity index is 2.41. The van der Waals surface area contributed by atoms with Gasteiger partial charge >= 0.3 is 6.09 Å². The van der Waals surface area contributed by atoms with Crippen molar-refractivity contribution in [3.63, 3.8) is 0 Å². The summed E-state index contributed by atoms with van der Waals surface area (Å²) in [5, 5.41) is 24.7. The molecule has 22 heavy (non-hydrogen) atoms. The van der Waals surface area contributed by atoms with Crippen LogP contribution in [0.2, 0.25) is 0 Å². The van der Waals surface area contributed by atoms with Gasteiger partial charge in [-0.15, -0.1) is 6.58 Å². The van der Waals surface area contributed by atoms with Crippen LogP contribution in [0.25, 0.3) is 0 Å². The van der Waals surface area contributed by atoms with E-state index < -0.39 is 18.2 Å². The third-order valence-electron chi connectivity index (χ3n) is 3.44. The van der Waals surface area contributed by atoms with E-state index in [1.54, 1.807) is 0 Å². The number of carboxylic acid groups (broad SMARTS) is 1. The predicted molar refractivity (Wildman–Crippen MR) is 88.0 cm³/mol. The molecule has 0 fully saturated rings. The summed E-state index contributed by atoms with van der Waals surface area (Å²) < 4.78 is 0. The van der Waals surface area contributed by atoms with E-state index in [-0.39, 0.29) is 0 Å². The second-order valence-electron chi connectivity index (χ2n) is 5.30. The van der Waals surface area contributed by atoms with Crippen LogP contribution in [0.1, 0.15) is 24.8 Å². The van der Waals surface area contributed by atoms with Crippen LogP contribution >= 0.6 is 0 Å². The first-order valence-electron chi connectivity index (χ1n) is 7.66. The fraction of sp³-hybridized carbons (Fsp3) is 0.471. The van der Waals surface area contributed by atoms with Crippen molar-refractivity contribution in [1.29, 1.82) is 0 Å². The van der Waals surface area contributed by atoms with Crippen molar-refractivity contribution >= 4 is 6.09 Å². The number of aliphatic hydroxyl groups excluding tert-OH is 1. The lowest BCUT2D eigenvalue weighted by atomic mass is 10.0. The quantitative estimate of drug-likeness (QED) is 0.373. The molecule has 0 saturated heterocycles. The van der Waals surface area contributed by atoms with Gasteiger partial charge in [0.15, 0.2) is 0 Å². The zero-order valence-electron chi connectivity index (χ0n) is 12.9. The van der Waals surface area contributed by atoms with E-state index >= 15 is 0 Å². The lowest BCUT2D eigenvalue weighted by Crippen LogP contribution is -2.48. The molecule has 2 atom stereocenters. The van der Waals surface area contributed by atoms with Gasteiger partial charge in [0.1, 0.15) is 0 Å². The molecule has 0 aliphatic heterocycles. The van der Waals surface area contributed by atoms with Crippen molar-refractivity contribution in [2.45, 2.75) is 37.8 Å². The standard InChI is InChI=1S/C17H26N2O3/c1-2-3-4-8-11-18-13-16(20)15(19-17(21)22)12-14-9-6-5-7-10-14/h2,5-7,9-10,15-16,18-20H,1,3-4,8,11-13H2,(H,21,22)/t15?,16-/m1/s1. The van der Waals surface area contributed by atoms with Gasteiger partial charge in [-0.2, -0.15) is 0 Å². The van der Waals surface area contributed by atoms with Crippen LogP contribution in [-0.4, -0.2) is 41.5 Å². The third-order valence-corrected chi connectivity index (χ3v) is 3.44. The minimum atomic E-state index is -1.12. The Morgan fingerprint density at radius 1 is 1.27 bits per heavy atom. The first-order chi connectivity index (χ1) is 10.6. The van der Waals surface area contributed by atoms with Crippen LogP contribution in [0.4, 0.5) is 4.79 Å². The van der Waals surface area contributed by atoms with Gasteiger partial charge in [0.05, 0.1) is 12.1 Å². The second kappa shape index (κ2) is 10.8. The van der Waals surface area contributed by atoms with Gasteiger partial charge in [-0.1, -0.05) is 36.4 Å². The molecule has 0 radical (unpaired) electrons. The van der Waals surface area contributed by atoms with Crippen LogP contribution in [0, 0.1) is 0 Å². The summed E-state index contributed by atoms with van der Waals surface area (Å²) in [7, 11) is 0. The molecule has 0 saturated carbocycles. The van der Waals surface area contributed by atoms with Crippen molar-refractivity contribution in [3.8, 4) is 0 Å². The maximum absolute atomic E-state index is 10.9. The molecule has 122 valence electrons. The van der Waals surface area contributed by atoms with Crippen LogP contribution in [0.3, 0.4) is 0 Å². The number of benzene rings is 1. The summed E-state index contributed by atoms with van der Waals surface area (Å²) in [5.74, 6) is 0. The summed E-state index contributed by atoms with van der Waals surface area (Å²) in [4.78, 5) is 10.9. The van der Waals surface area contributed by atoms with E-state index in [1.165, 1.54) is 0 Å². The van der Waals surface area contributed by atoms with Crippen molar-refractivity contribution in [3.05, 3.63) is 48.6 Å². The van der Waals surface area contributed by atoms with E-state index in [1.807, 2.05) is 36.4 Å². The molecule has 0 bridgehead atoms. The van der Waals surface area contributed by atoms with Crippen LogP contribution in [0.15, 0.2) is 43.0 Å². The highest BCUT2D eigenvalue weighted by atomic mass is 16.4. The molecular formula is C17H26N2O3. The SMILES string of the molecule is C=CCCCCNC[C@@H](O)C(Cc1ccccc1)NC(=O)O. The van der Waals surface area contributed by atoms with Gasteiger partial charge in [0.25, 0.3) is 0 Å². The number of nitrogens with one attached hydrogen (secondary N) is 2. The largest absolute Gasteiger partial charge is 0.465 e. The van der Waals surface area contributed by atoms with Gasteiger partial charge < -0.3 is 20.8 Å². The summed E-state index contributed by atoms with van der Waals surface area (Å²) >= 11 is 0. The molecule has 1 rings (SSSR count). The highest BCUT2D eigenvalue weighted by Crippen LogP contribution is 2.06. The number of aliphatic hydroxyl groups is 1. The fourth-order valence-corrected chi connectivity index (χ4v) is 2.24. The summed E-state index contributed by atoms with van der Waals surface area (Å²) in [6, 6.07) is 9.03. The third kappa shape index (κ3) is 7.81. The first-order valence-corrected chi connectivity index (χ1v) is 7.66. The normalized spacial score (nSPS) is 13.3. The fourth-order valence-electron chi connectivity index (χ4n) is 2.24. The van der Waals surface area contributed by atoms with Gasteiger partial charge in [0.2, 0.25) is 0 Å². The lowest BCUT2D eigenvalue weighted by Gasteiger charge is -2.23. The summed E-state index contributed by atoms with van der Waals surface area (Å²) in [5.41, 5.74) is 0.992. The van der Waals surface area contributed by atoms with Gasteiger partial charge in [-0.25, -0.2) is 4.79 Å². The molecule has 5 heteroatoms. The number of allylic oxidation sites excluding steroid dienone is 1. The first kappa shape index (κ1) is 18.2. The lowest BCUT2D eigenvalue weighted by molar-refractivity contribution is 0.118.